The Kier molecular flexibility index (Phi) is 8.09. The number of nitrogens with zero attached hydrogens (tertiary/aromatic N) is 3. The number of para-hydroxylation sites is 3. The number of aromatic nitrogens is 2. The molecule has 0 saturated heterocycles. The Bertz CT molecular complexity index is 3340. The van der Waals surface area contributed by atoms with E-state index in [0.29, 0.717) is 0 Å². The molecule has 1 unspecified atom stereocenters. The Morgan fingerprint density at radius 2 is 1.00 bits per heavy atom. The molecule has 0 aliphatic rings. The van der Waals surface area contributed by atoms with Gasteiger partial charge in [-0.05, 0) is 105 Å². The van der Waals surface area contributed by atoms with Crippen molar-refractivity contribution in [2.45, 2.75) is 6.04 Å². The highest BCUT2D eigenvalue weighted by Crippen LogP contribution is 2.40. The summed E-state index contributed by atoms with van der Waals surface area (Å²) in [7, 11) is 0. The van der Waals surface area contributed by atoms with Gasteiger partial charge in [0.25, 0.3) is 0 Å². The zero-order valence-corrected chi connectivity index (χ0v) is 31.7. The van der Waals surface area contributed by atoms with Crippen molar-refractivity contribution in [2.24, 2.45) is 10.7 Å². The number of rotatable bonds is 7. The van der Waals surface area contributed by atoms with Crippen molar-refractivity contribution >= 4 is 66.3 Å². The maximum Gasteiger partial charge on any atom is 0.0681 e. The Hall–Kier alpha value is -7.53. The van der Waals surface area contributed by atoms with Crippen molar-refractivity contribution in [3.8, 4) is 22.5 Å². The van der Waals surface area contributed by atoms with E-state index in [1.54, 1.807) is 0 Å². The summed E-state index contributed by atoms with van der Waals surface area (Å²) in [4.78, 5) is 4.91. The van der Waals surface area contributed by atoms with E-state index in [9.17, 15) is 0 Å². The van der Waals surface area contributed by atoms with Crippen LogP contribution in [0.25, 0.3) is 76.9 Å². The number of aliphatic imine (C=N–C) groups is 1. The minimum absolute atomic E-state index is 0.252. The molecule has 2 aromatic heterocycles. The van der Waals surface area contributed by atoms with Crippen molar-refractivity contribution in [1.29, 1.82) is 0 Å². The minimum atomic E-state index is -0.252. The maximum absolute atomic E-state index is 6.70. The van der Waals surface area contributed by atoms with Gasteiger partial charge >= 0.3 is 0 Å². The third-order valence-corrected chi connectivity index (χ3v) is 11.6. The van der Waals surface area contributed by atoms with E-state index in [1.165, 1.54) is 65.5 Å². The number of benzene rings is 9. The topological polar surface area (TPSA) is 48.2 Å². The lowest BCUT2D eigenvalue weighted by atomic mass is 9.98. The average Bonchev–Trinajstić information content (AvgIpc) is 3.81. The fourth-order valence-electron chi connectivity index (χ4n) is 8.82. The fraction of sp³-hybridized carbons (Fsp3) is 0.0185. The second-order valence-electron chi connectivity index (χ2n) is 15.0. The molecule has 2 N–H and O–H groups in total. The molecule has 0 aliphatic carbocycles. The van der Waals surface area contributed by atoms with Crippen molar-refractivity contribution in [3.63, 3.8) is 0 Å². The van der Waals surface area contributed by atoms with E-state index in [2.05, 4.69) is 179 Å². The number of hydrogen-bond acceptors (Lipinski definition) is 2. The largest absolute Gasteiger partial charge is 0.320 e. The minimum Gasteiger partial charge on any atom is -0.320 e. The van der Waals surface area contributed by atoms with Crippen LogP contribution in [0, 0.1) is 0 Å². The summed E-state index contributed by atoms with van der Waals surface area (Å²) in [5, 5.41) is 7.50. The van der Waals surface area contributed by atoms with Crippen LogP contribution in [0.3, 0.4) is 0 Å². The molecule has 274 valence electrons. The Balaban J connectivity index is 0.982. The summed E-state index contributed by atoms with van der Waals surface area (Å²) >= 11 is 0. The van der Waals surface area contributed by atoms with E-state index >= 15 is 0 Å². The summed E-state index contributed by atoms with van der Waals surface area (Å²) < 4.78 is 4.77. The predicted molar refractivity (Wildman–Crippen MR) is 244 cm³/mol. The summed E-state index contributed by atoms with van der Waals surface area (Å²) in [6, 6.07) is 73.2. The molecule has 4 heteroatoms. The van der Waals surface area contributed by atoms with Gasteiger partial charge in [0.15, 0.2) is 0 Å². The Morgan fingerprint density at radius 3 is 1.79 bits per heavy atom. The number of fused-ring (bicyclic) bond motifs is 8. The van der Waals surface area contributed by atoms with Gasteiger partial charge in [-0.15, -0.1) is 0 Å². The third kappa shape index (κ3) is 5.62. The summed E-state index contributed by atoms with van der Waals surface area (Å²) in [6.07, 6.45) is 1.93. The molecule has 0 radical (unpaired) electrons. The van der Waals surface area contributed by atoms with Crippen LogP contribution < -0.4 is 5.73 Å². The molecule has 58 heavy (non-hydrogen) atoms. The van der Waals surface area contributed by atoms with E-state index in [4.69, 9.17) is 10.7 Å². The number of hydrogen-bond donors (Lipinski definition) is 1. The van der Waals surface area contributed by atoms with Gasteiger partial charge in [-0.25, -0.2) is 0 Å². The predicted octanol–water partition coefficient (Wildman–Crippen LogP) is 13.5. The van der Waals surface area contributed by atoms with Crippen LogP contribution >= 0.6 is 0 Å². The molecule has 0 amide bonds. The first-order valence-electron chi connectivity index (χ1n) is 19.8. The molecular formula is C54H38N4. The monoisotopic (exact) mass is 742 g/mol. The smallest absolute Gasteiger partial charge is 0.0681 e. The molecule has 0 saturated carbocycles. The van der Waals surface area contributed by atoms with Gasteiger partial charge in [-0.2, -0.15) is 0 Å². The second-order valence-corrected chi connectivity index (χ2v) is 15.0. The highest BCUT2D eigenvalue weighted by Gasteiger charge is 2.18. The van der Waals surface area contributed by atoms with Gasteiger partial charge < -0.3 is 14.9 Å². The van der Waals surface area contributed by atoms with Crippen LogP contribution in [0.5, 0.6) is 0 Å². The van der Waals surface area contributed by atoms with Crippen molar-refractivity contribution in [2.75, 3.05) is 0 Å². The molecule has 0 spiro atoms. The molecule has 0 fully saturated rings. The van der Waals surface area contributed by atoms with Gasteiger partial charge in [0.05, 0.1) is 33.8 Å². The molecule has 0 bridgehead atoms. The molecule has 11 aromatic rings. The third-order valence-electron chi connectivity index (χ3n) is 11.6. The van der Waals surface area contributed by atoms with Gasteiger partial charge in [0.1, 0.15) is 0 Å². The summed E-state index contributed by atoms with van der Waals surface area (Å²) in [5.41, 5.74) is 20.1. The zero-order valence-electron chi connectivity index (χ0n) is 31.7. The molecule has 4 nitrogen and oxygen atoms in total. The molecule has 0 aliphatic heterocycles. The first-order valence-corrected chi connectivity index (χ1v) is 19.8. The highest BCUT2D eigenvalue weighted by molar-refractivity contribution is 6.22. The van der Waals surface area contributed by atoms with Crippen LogP contribution in [0.15, 0.2) is 211 Å². The molecule has 2 heterocycles. The lowest BCUT2D eigenvalue weighted by Crippen LogP contribution is -2.11. The molecule has 1 atom stereocenters. The Morgan fingerprint density at radius 1 is 0.431 bits per heavy atom. The van der Waals surface area contributed by atoms with Crippen molar-refractivity contribution < 1.29 is 0 Å². The molecule has 11 rings (SSSR count). The fourth-order valence-corrected chi connectivity index (χ4v) is 8.82. The van der Waals surface area contributed by atoms with Crippen LogP contribution in [0.4, 0.5) is 5.69 Å². The van der Waals surface area contributed by atoms with E-state index < -0.39 is 0 Å². The van der Waals surface area contributed by atoms with Gasteiger partial charge in [-0.3, -0.25) is 4.99 Å². The Labute approximate surface area is 336 Å². The van der Waals surface area contributed by atoms with Gasteiger partial charge in [0, 0.05) is 39.1 Å². The van der Waals surface area contributed by atoms with Gasteiger partial charge in [-0.1, -0.05) is 140 Å². The number of nitrogens with two attached hydrogens (primary N) is 1. The van der Waals surface area contributed by atoms with E-state index in [1.807, 2.05) is 42.6 Å². The standard InChI is InChI=1S/C54H38N4/c55-54(38-14-3-1-4-15-38)45-20-9-11-21-48(45)56-35-36-23-28-42(29-24-36)57-49-22-12-10-19-44(49)46-33-39(26-30-50(46)57)40-27-31-51-47(34-40)53-43-18-8-7-13-37(43)25-32-52(53)58(51)41-16-5-2-6-17-41/h1-35,54H,55H2/b56-35+. The SMILES string of the molecule is NC(c1ccccc1)c1ccccc1/N=C/c1ccc(-n2c3ccccc3c3cc(-c4ccc5c(c4)c4c6ccccc6ccc4n5-c4ccccc4)ccc32)cc1. The molecule has 9 aromatic carbocycles. The quantitative estimate of drug-likeness (QED) is 0.162. The van der Waals surface area contributed by atoms with Crippen molar-refractivity contribution in [1.82, 2.24) is 9.13 Å². The molecular weight excluding hydrogens is 705 g/mol. The van der Waals surface area contributed by atoms with Gasteiger partial charge in [0.2, 0.25) is 0 Å². The first kappa shape index (κ1) is 33.8. The van der Waals surface area contributed by atoms with Crippen LogP contribution in [0.1, 0.15) is 22.7 Å². The van der Waals surface area contributed by atoms with Crippen LogP contribution in [-0.2, 0) is 0 Å². The second kappa shape index (κ2) is 13.9. The first-order chi connectivity index (χ1) is 28.7. The van der Waals surface area contributed by atoms with Crippen molar-refractivity contribution in [3.05, 3.63) is 223 Å². The van der Waals surface area contributed by atoms with Crippen LogP contribution in [-0.4, -0.2) is 15.3 Å². The maximum atomic E-state index is 6.70. The lowest BCUT2D eigenvalue weighted by molar-refractivity contribution is 0.872. The van der Waals surface area contributed by atoms with E-state index in [0.717, 1.165) is 33.8 Å². The van der Waals surface area contributed by atoms with E-state index in [-0.39, 0.29) is 6.04 Å². The average molecular weight is 743 g/mol. The summed E-state index contributed by atoms with van der Waals surface area (Å²) in [6.45, 7) is 0. The van der Waals surface area contributed by atoms with Crippen LogP contribution in [0.2, 0.25) is 0 Å². The highest BCUT2D eigenvalue weighted by atomic mass is 15.0. The normalized spacial score (nSPS) is 12.4. The lowest BCUT2D eigenvalue weighted by Gasteiger charge is -2.14. The zero-order chi connectivity index (χ0) is 38.6. The summed E-state index contributed by atoms with van der Waals surface area (Å²) in [5.74, 6) is 0.